The molecule has 7 atom stereocenters. The first-order valence-electron chi connectivity index (χ1n) is 15.9. The van der Waals surface area contributed by atoms with Crippen molar-refractivity contribution in [3.63, 3.8) is 0 Å². The number of hydrogen-bond donors (Lipinski definition) is 1. The normalized spacial score (nSPS) is 25.6. The van der Waals surface area contributed by atoms with Gasteiger partial charge in [0.1, 0.15) is 6.10 Å². The van der Waals surface area contributed by atoms with E-state index in [1.54, 1.807) is 12.1 Å². The van der Waals surface area contributed by atoms with E-state index >= 15 is 0 Å². The summed E-state index contributed by atoms with van der Waals surface area (Å²) in [7, 11) is 1.42. The fourth-order valence-corrected chi connectivity index (χ4v) is 5.90. The summed E-state index contributed by atoms with van der Waals surface area (Å²) in [6, 6.07) is 9.12. The molecule has 42 heavy (non-hydrogen) atoms. The van der Waals surface area contributed by atoms with E-state index in [9.17, 15) is 14.7 Å². The lowest BCUT2D eigenvalue weighted by molar-refractivity contribution is -0.193. The maximum atomic E-state index is 13.1. The lowest BCUT2D eigenvalue weighted by Gasteiger charge is -2.29. The average molecular weight is 585 g/mol. The number of ether oxygens (including phenoxy) is 4. The Labute approximate surface area is 252 Å². The van der Waals surface area contributed by atoms with Crippen LogP contribution < -0.4 is 0 Å². The largest absolute Gasteiger partial charge is 0.469 e. The maximum absolute atomic E-state index is 13.1. The second-order valence-electron chi connectivity index (χ2n) is 12.2. The number of unbranched alkanes of at least 4 members (excludes halogenated alkanes) is 3. The molecule has 0 spiro atoms. The predicted molar refractivity (Wildman–Crippen MR) is 164 cm³/mol. The quantitative estimate of drug-likeness (QED) is 0.125. The Morgan fingerprint density at radius 2 is 1.83 bits per heavy atom. The van der Waals surface area contributed by atoms with Crippen molar-refractivity contribution in [1.82, 2.24) is 0 Å². The summed E-state index contributed by atoms with van der Waals surface area (Å²) >= 11 is 0. The molecule has 1 aliphatic heterocycles. The molecule has 0 amide bonds. The molecule has 1 aromatic rings. The zero-order chi connectivity index (χ0) is 30.3. The van der Waals surface area contributed by atoms with Crippen LogP contribution >= 0.6 is 0 Å². The molecule has 0 aromatic heterocycles. The molecule has 2 unspecified atom stereocenters. The third-order valence-electron chi connectivity index (χ3n) is 8.51. The van der Waals surface area contributed by atoms with Crippen molar-refractivity contribution in [2.24, 2.45) is 17.8 Å². The average Bonchev–Trinajstić information content (AvgIpc) is 3.31. The Hall–Kier alpha value is -2.48. The van der Waals surface area contributed by atoms with Crippen LogP contribution in [0, 0.1) is 17.8 Å². The van der Waals surface area contributed by atoms with Crippen LogP contribution in [0.1, 0.15) is 102 Å². The van der Waals surface area contributed by atoms with E-state index in [1.165, 1.54) is 12.7 Å². The lowest BCUT2D eigenvalue weighted by Crippen LogP contribution is -2.31. The standard InChI is InChI=1S/C35H52O7/c1-25(2)19-20-26(3)30(36)22-21-29-28(16-10-5-6-11-17-33(37)39-4)32(42-35(38)27-14-8-7-9-15-27)24-31(29)41-34-18-12-13-23-40-34/h7-9,14-15,19,21-22,26,28-32,34,36H,5-6,10-13,16-18,20,23-24H2,1-4H3/b22-21+/t26?,28-,29-,30-,31-,32+,34?/m1/s1. The summed E-state index contributed by atoms with van der Waals surface area (Å²) in [5.41, 5.74) is 1.78. The van der Waals surface area contributed by atoms with Gasteiger partial charge in [0, 0.05) is 31.3 Å². The zero-order valence-electron chi connectivity index (χ0n) is 26.0. The maximum Gasteiger partial charge on any atom is 0.338 e. The molecular weight excluding hydrogens is 532 g/mol. The van der Waals surface area contributed by atoms with E-state index in [1.807, 2.05) is 24.3 Å². The van der Waals surface area contributed by atoms with E-state index in [0.717, 1.165) is 57.8 Å². The minimum atomic E-state index is -0.586. The van der Waals surface area contributed by atoms with Gasteiger partial charge in [-0.2, -0.15) is 0 Å². The van der Waals surface area contributed by atoms with Crippen LogP contribution in [-0.4, -0.2) is 55.4 Å². The van der Waals surface area contributed by atoms with E-state index in [2.05, 4.69) is 32.9 Å². The lowest BCUT2D eigenvalue weighted by atomic mass is 9.87. The molecule has 1 saturated carbocycles. The minimum Gasteiger partial charge on any atom is -0.469 e. The number of benzene rings is 1. The van der Waals surface area contributed by atoms with Gasteiger partial charge in [-0.1, -0.05) is 68.2 Å². The molecule has 2 fully saturated rings. The molecule has 0 bridgehead atoms. The second-order valence-corrected chi connectivity index (χ2v) is 12.2. The molecule has 234 valence electrons. The van der Waals surface area contributed by atoms with Crippen molar-refractivity contribution >= 4 is 11.9 Å². The van der Waals surface area contributed by atoms with Gasteiger partial charge in [0.2, 0.25) is 0 Å². The number of rotatable bonds is 16. The first-order valence-corrected chi connectivity index (χ1v) is 15.9. The number of aliphatic hydroxyl groups excluding tert-OH is 1. The minimum absolute atomic E-state index is 0.0236. The van der Waals surface area contributed by atoms with Crippen LogP contribution in [0.25, 0.3) is 0 Å². The number of carbonyl (C=O) groups excluding carboxylic acids is 2. The summed E-state index contributed by atoms with van der Waals surface area (Å²) in [4.78, 5) is 24.6. The van der Waals surface area contributed by atoms with Crippen LogP contribution in [0.5, 0.6) is 0 Å². The second kappa shape index (κ2) is 18.2. The molecule has 1 aromatic carbocycles. The first-order chi connectivity index (χ1) is 20.3. The number of hydrogen-bond acceptors (Lipinski definition) is 7. The topological polar surface area (TPSA) is 91.3 Å². The summed E-state index contributed by atoms with van der Waals surface area (Å²) in [6.07, 6.45) is 14.2. The molecular formula is C35H52O7. The van der Waals surface area contributed by atoms with Gasteiger partial charge in [-0.05, 0) is 70.4 Å². The highest BCUT2D eigenvalue weighted by atomic mass is 16.7. The van der Waals surface area contributed by atoms with Crippen LogP contribution in [0.3, 0.4) is 0 Å². The third-order valence-corrected chi connectivity index (χ3v) is 8.51. The number of methoxy groups -OCH3 is 1. The van der Waals surface area contributed by atoms with Gasteiger partial charge in [0.15, 0.2) is 6.29 Å². The van der Waals surface area contributed by atoms with Crippen molar-refractivity contribution in [3.8, 4) is 0 Å². The van der Waals surface area contributed by atoms with Gasteiger partial charge >= 0.3 is 11.9 Å². The van der Waals surface area contributed by atoms with Gasteiger partial charge in [0.05, 0.1) is 24.9 Å². The van der Waals surface area contributed by atoms with Crippen LogP contribution in [0.4, 0.5) is 0 Å². The highest BCUT2D eigenvalue weighted by molar-refractivity contribution is 5.89. The van der Waals surface area contributed by atoms with Crippen molar-refractivity contribution in [1.29, 1.82) is 0 Å². The molecule has 1 aliphatic carbocycles. The Kier molecular flexibility index (Phi) is 14.8. The fraction of sp³-hybridized carbons (Fsp3) is 0.657. The van der Waals surface area contributed by atoms with Gasteiger partial charge in [-0.25, -0.2) is 4.79 Å². The summed E-state index contributed by atoms with van der Waals surface area (Å²) < 4.78 is 23.4. The van der Waals surface area contributed by atoms with Crippen molar-refractivity contribution in [3.05, 3.63) is 59.7 Å². The van der Waals surface area contributed by atoms with E-state index in [4.69, 9.17) is 18.9 Å². The molecule has 1 saturated heterocycles. The fourth-order valence-electron chi connectivity index (χ4n) is 5.90. The molecule has 7 nitrogen and oxygen atoms in total. The summed E-state index contributed by atoms with van der Waals surface area (Å²) in [5.74, 6) is -0.394. The Morgan fingerprint density at radius 1 is 1.07 bits per heavy atom. The third kappa shape index (κ3) is 11.3. The number of esters is 2. The van der Waals surface area contributed by atoms with E-state index in [-0.39, 0.29) is 48.2 Å². The zero-order valence-corrected chi connectivity index (χ0v) is 26.0. The molecule has 2 aliphatic rings. The highest BCUT2D eigenvalue weighted by Crippen LogP contribution is 2.42. The monoisotopic (exact) mass is 584 g/mol. The van der Waals surface area contributed by atoms with Crippen molar-refractivity contribution in [2.75, 3.05) is 13.7 Å². The predicted octanol–water partition coefficient (Wildman–Crippen LogP) is 7.18. The Bertz CT molecular complexity index is 994. The van der Waals surface area contributed by atoms with Crippen molar-refractivity contribution < 1.29 is 33.6 Å². The Balaban J connectivity index is 1.77. The number of carbonyl (C=O) groups is 2. The molecule has 7 heteroatoms. The number of allylic oxidation sites excluding steroid dienone is 2. The number of aliphatic hydroxyl groups is 1. The summed E-state index contributed by atoms with van der Waals surface area (Å²) in [5, 5.41) is 11.0. The van der Waals surface area contributed by atoms with E-state index < -0.39 is 6.10 Å². The van der Waals surface area contributed by atoms with Crippen LogP contribution in [0.15, 0.2) is 54.1 Å². The van der Waals surface area contributed by atoms with Crippen LogP contribution in [0.2, 0.25) is 0 Å². The first kappa shape index (κ1) is 34.0. The Morgan fingerprint density at radius 3 is 2.52 bits per heavy atom. The molecule has 1 N–H and O–H groups in total. The van der Waals surface area contributed by atoms with Gasteiger partial charge in [-0.3, -0.25) is 4.79 Å². The van der Waals surface area contributed by atoms with Gasteiger partial charge in [0.25, 0.3) is 0 Å². The molecule has 1 heterocycles. The summed E-state index contributed by atoms with van der Waals surface area (Å²) in [6.45, 7) is 6.89. The molecule has 0 radical (unpaired) electrons. The van der Waals surface area contributed by atoms with Gasteiger partial charge < -0.3 is 24.1 Å². The van der Waals surface area contributed by atoms with Crippen LogP contribution in [-0.2, 0) is 23.7 Å². The molecule has 3 rings (SSSR count). The van der Waals surface area contributed by atoms with Crippen molar-refractivity contribution in [2.45, 2.75) is 116 Å². The van der Waals surface area contributed by atoms with E-state index in [0.29, 0.717) is 25.0 Å². The highest BCUT2D eigenvalue weighted by Gasteiger charge is 2.45. The SMILES string of the molecule is COC(=O)CCCCCC[C@@H]1[C@@H](/C=C/[C@@H](O)C(C)CC=C(C)C)[C@H](OC2CCCCO2)C[C@@H]1OC(=O)c1ccccc1. The smallest absolute Gasteiger partial charge is 0.338 e. The van der Waals surface area contributed by atoms with Gasteiger partial charge in [-0.15, -0.1) is 0 Å².